The fraction of sp³-hybridized carbons (Fsp3) is 0.241. The highest BCUT2D eigenvalue weighted by molar-refractivity contribution is 8.00. The molecule has 3 heterocycles. The molecule has 1 saturated heterocycles. The number of esters is 2. The van der Waals surface area contributed by atoms with Gasteiger partial charge in [0.25, 0.3) is 5.91 Å². The zero-order valence-electron chi connectivity index (χ0n) is 21.2. The Balaban J connectivity index is 1.40. The van der Waals surface area contributed by atoms with Crippen molar-refractivity contribution in [1.82, 2.24) is 10.2 Å². The summed E-state index contributed by atoms with van der Waals surface area (Å²) < 4.78 is 23.8. The maximum atomic E-state index is 13.8. The Morgan fingerprint density at radius 1 is 1.00 bits per heavy atom. The van der Waals surface area contributed by atoms with Gasteiger partial charge in [0.15, 0.2) is 12.8 Å². The van der Waals surface area contributed by atoms with Gasteiger partial charge in [0.2, 0.25) is 5.91 Å². The third-order valence-electron chi connectivity index (χ3n) is 6.42. The number of carbonyl (C=O) groups excluding carboxylic acids is 4. The van der Waals surface area contributed by atoms with Crippen LogP contribution in [0.15, 0.2) is 89.4 Å². The van der Waals surface area contributed by atoms with Gasteiger partial charge in [-0.25, -0.2) is 14.0 Å². The van der Waals surface area contributed by atoms with Gasteiger partial charge < -0.3 is 14.8 Å². The molecule has 2 aromatic carbocycles. The molecule has 206 valence electrons. The summed E-state index contributed by atoms with van der Waals surface area (Å²) in [4.78, 5) is 53.4. The molecule has 0 bridgehead atoms. The number of alkyl halides is 1. The molecule has 1 fully saturated rings. The Morgan fingerprint density at radius 3 is 2.27 bits per heavy atom. The molecule has 5 rings (SSSR count). The van der Waals surface area contributed by atoms with Crippen LogP contribution in [0.5, 0.6) is 0 Å². The fourth-order valence-electron chi connectivity index (χ4n) is 4.53. The van der Waals surface area contributed by atoms with Crippen LogP contribution in [-0.2, 0) is 35.1 Å². The Morgan fingerprint density at radius 2 is 1.68 bits per heavy atom. The van der Waals surface area contributed by atoms with Gasteiger partial charge in [-0.2, -0.15) is 0 Å². The van der Waals surface area contributed by atoms with E-state index in [1.807, 2.05) is 78.2 Å². The smallest absolute Gasteiger partial charge is 0.356 e. The first-order valence-corrected chi connectivity index (χ1v) is 14.4. The minimum Gasteiger partial charge on any atom is -0.459 e. The molecule has 2 amide bonds. The van der Waals surface area contributed by atoms with E-state index in [0.717, 1.165) is 16.0 Å². The monoisotopic (exact) mass is 580 g/mol. The number of hydrogen-bond donors (Lipinski definition) is 1. The number of carbonyl (C=O) groups is 4. The molecule has 2 atom stereocenters. The summed E-state index contributed by atoms with van der Waals surface area (Å²) in [5.41, 5.74) is 1.72. The molecule has 0 unspecified atom stereocenters. The first-order chi connectivity index (χ1) is 19.5. The number of hydrogen-bond acceptors (Lipinski definition) is 8. The number of ether oxygens (including phenoxy) is 2. The summed E-state index contributed by atoms with van der Waals surface area (Å²) in [5, 5.41) is 4.10. The van der Waals surface area contributed by atoms with Crippen molar-refractivity contribution in [2.24, 2.45) is 0 Å². The van der Waals surface area contributed by atoms with Crippen LogP contribution in [0.2, 0.25) is 0 Å². The molecule has 2 aliphatic rings. The molecule has 1 aromatic heterocycles. The van der Waals surface area contributed by atoms with Crippen LogP contribution in [-0.4, -0.2) is 59.1 Å². The van der Waals surface area contributed by atoms with Gasteiger partial charge in [0, 0.05) is 16.2 Å². The number of fused-ring (bicyclic) bond motifs is 1. The molecule has 40 heavy (non-hydrogen) atoms. The van der Waals surface area contributed by atoms with E-state index in [1.54, 1.807) is 0 Å². The topological polar surface area (TPSA) is 102 Å². The van der Waals surface area contributed by atoms with Crippen molar-refractivity contribution in [3.05, 3.63) is 105 Å². The average molecular weight is 581 g/mol. The molecule has 0 aliphatic carbocycles. The molecule has 1 N–H and O–H groups in total. The molecule has 0 spiro atoms. The van der Waals surface area contributed by atoms with Crippen molar-refractivity contribution in [2.75, 3.05) is 19.0 Å². The quantitative estimate of drug-likeness (QED) is 0.288. The molecule has 2 aliphatic heterocycles. The molecule has 8 nitrogen and oxygen atoms in total. The van der Waals surface area contributed by atoms with E-state index >= 15 is 0 Å². The Labute approximate surface area is 238 Å². The highest BCUT2D eigenvalue weighted by atomic mass is 32.2. The minimum atomic E-state index is -1.31. The molecule has 3 aromatic rings. The highest BCUT2D eigenvalue weighted by Gasteiger charge is 2.54. The largest absolute Gasteiger partial charge is 0.459 e. The van der Waals surface area contributed by atoms with Crippen LogP contribution in [0.25, 0.3) is 0 Å². The van der Waals surface area contributed by atoms with Gasteiger partial charge in [0.1, 0.15) is 23.7 Å². The van der Waals surface area contributed by atoms with Crippen molar-refractivity contribution in [2.45, 2.75) is 23.9 Å². The highest BCUT2D eigenvalue weighted by Crippen LogP contribution is 2.41. The summed E-state index contributed by atoms with van der Waals surface area (Å²) in [6.07, 6.45) is -0.633. The molecule has 11 heteroatoms. The minimum absolute atomic E-state index is 0.0546. The number of β-lactam (4-membered cyclic amide) rings is 1. The third kappa shape index (κ3) is 5.95. The van der Waals surface area contributed by atoms with E-state index < -0.39 is 42.0 Å². The van der Waals surface area contributed by atoms with Gasteiger partial charge >= 0.3 is 11.9 Å². The summed E-state index contributed by atoms with van der Waals surface area (Å²) in [7, 11) is 0. The Hall–Kier alpha value is -3.96. The lowest BCUT2D eigenvalue weighted by Crippen LogP contribution is -2.70. The third-order valence-corrected chi connectivity index (χ3v) is 8.63. The van der Waals surface area contributed by atoms with Crippen LogP contribution < -0.4 is 5.32 Å². The number of nitrogens with one attached hydrogen (secondary N) is 1. The van der Waals surface area contributed by atoms with Crippen LogP contribution in [0, 0.1) is 0 Å². The number of thioether (sulfide) groups is 1. The summed E-state index contributed by atoms with van der Waals surface area (Å²) >= 11 is 2.76. The number of benzene rings is 2. The maximum Gasteiger partial charge on any atom is 0.356 e. The lowest BCUT2D eigenvalue weighted by Gasteiger charge is -2.49. The second-order valence-corrected chi connectivity index (χ2v) is 11.2. The number of rotatable bonds is 10. The van der Waals surface area contributed by atoms with Gasteiger partial charge in [-0.05, 0) is 22.6 Å². The lowest BCUT2D eigenvalue weighted by molar-refractivity contribution is -0.155. The van der Waals surface area contributed by atoms with Gasteiger partial charge in [-0.15, -0.1) is 23.1 Å². The average Bonchev–Trinajstić information content (AvgIpc) is 3.50. The van der Waals surface area contributed by atoms with Crippen molar-refractivity contribution < 1.29 is 33.0 Å². The summed E-state index contributed by atoms with van der Waals surface area (Å²) in [6, 6.07) is 21.2. The van der Waals surface area contributed by atoms with Crippen molar-refractivity contribution >= 4 is 46.9 Å². The van der Waals surface area contributed by atoms with E-state index in [9.17, 15) is 23.6 Å². The van der Waals surface area contributed by atoms with E-state index in [4.69, 9.17) is 9.47 Å². The van der Waals surface area contributed by atoms with E-state index in [0.29, 0.717) is 5.57 Å². The zero-order valence-corrected chi connectivity index (χ0v) is 22.8. The van der Waals surface area contributed by atoms with Crippen LogP contribution in [0.3, 0.4) is 0 Å². The van der Waals surface area contributed by atoms with Crippen LogP contribution in [0.4, 0.5) is 4.39 Å². The van der Waals surface area contributed by atoms with Crippen LogP contribution in [0.1, 0.15) is 22.1 Å². The first kappa shape index (κ1) is 27.6. The number of nitrogens with zero attached hydrogens (tertiary/aromatic N) is 1. The number of halogens is 1. The van der Waals surface area contributed by atoms with Gasteiger partial charge in [-0.1, -0.05) is 66.7 Å². The lowest BCUT2D eigenvalue weighted by atomic mass is 10.0. The van der Waals surface area contributed by atoms with Crippen molar-refractivity contribution in [3.8, 4) is 0 Å². The summed E-state index contributed by atoms with van der Waals surface area (Å²) in [5.74, 6) is -2.42. The fourth-order valence-corrected chi connectivity index (χ4v) is 6.56. The molecule has 0 saturated carbocycles. The predicted molar refractivity (Wildman–Crippen MR) is 148 cm³/mol. The summed E-state index contributed by atoms with van der Waals surface area (Å²) in [6.45, 7) is -1.68. The second kappa shape index (κ2) is 12.5. The normalized spacial score (nSPS) is 18.1. The van der Waals surface area contributed by atoms with Gasteiger partial charge in [-0.3, -0.25) is 14.5 Å². The molecule has 0 radical (unpaired) electrons. The number of amides is 2. The van der Waals surface area contributed by atoms with E-state index in [1.165, 1.54) is 28.0 Å². The van der Waals surface area contributed by atoms with Crippen LogP contribution >= 0.6 is 23.1 Å². The molecular weight excluding hydrogens is 555 g/mol. The number of thiophene rings is 1. The zero-order chi connectivity index (χ0) is 28.1. The standard InChI is InChI=1S/C29H25FN2O6S2/c30-15-23(34)37-16-20-17-40-28-24(31-22(33)14-21-12-7-13-39-21)27(35)32(28)25(20)29(36)38-26(18-8-3-1-4-9-18)19-10-5-2-6-11-19/h1-13,24,26,28H,14-17H2,(H,31,33)/t24-,28-/m1/s1. The maximum absolute atomic E-state index is 13.8. The van der Waals surface area contributed by atoms with Crippen molar-refractivity contribution in [1.29, 1.82) is 0 Å². The van der Waals surface area contributed by atoms with Crippen molar-refractivity contribution in [3.63, 3.8) is 0 Å². The van der Waals surface area contributed by atoms with E-state index in [-0.39, 0.29) is 30.4 Å². The van der Waals surface area contributed by atoms with E-state index in [2.05, 4.69) is 5.32 Å². The Bertz CT molecular complexity index is 1380. The first-order valence-electron chi connectivity index (χ1n) is 12.5. The predicted octanol–water partition coefficient (Wildman–Crippen LogP) is 3.79. The SMILES string of the molecule is O=C(Cc1cccs1)N[C@@H]1C(=O)N2C(C(=O)OC(c3ccccc3)c3ccccc3)=C(COC(=O)CF)CS[C@H]12. The second-order valence-electron chi connectivity index (χ2n) is 9.06. The Kier molecular flexibility index (Phi) is 8.61. The molecular formula is C29H25FN2O6S2. The van der Waals surface area contributed by atoms with Gasteiger partial charge in [0.05, 0.1) is 6.42 Å².